The summed E-state index contributed by atoms with van der Waals surface area (Å²) in [6.45, 7) is 3.93. The van der Waals surface area contributed by atoms with Crippen LogP contribution in [-0.4, -0.2) is 4.98 Å². The maximum Gasteiger partial charge on any atom is 0.145 e. The zero-order valence-electron chi connectivity index (χ0n) is 10.4. The summed E-state index contributed by atoms with van der Waals surface area (Å²) in [6.07, 6.45) is 1.69. The van der Waals surface area contributed by atoms with Crippen LogP contribution in [0.1, 0.15) is 24.2 Å². The molecule has 0 saturated carbocycles. The van der Waals surface area contributed by atoms with Gasteiger partial charge in [0.2, 0.25) is 0 Å². The molecule has 4 heteroatoms. The van der Waals surface area contributed by atoms with Gasteiger partial charge < -0.3 is 10.5 Å². The highest BCUT2D eigenvalue weighted by Crippen LogP contribution is 2.26. The highest BCUT2D eigenvalue weighted by molar-refractivity contribution is 9.10. The number of benzene rings is 1. The monoisotopic (exact) mass is 306 g/mol. The number of aryl methyl sites for hydroxylation is 1. The number of nitrogens with two attached hydrogens (primary N) is 1. The third kappa shape index (κ3) is 3.09. The fourth-order valence-corrected chi connectivity index (χ4v) is 1.78. The topological polar surface area (TPSA) is 48.1 Å². The first-order chi connectivity index (χ1) is 8.56. The summed E-state index contributed by atoms with van der Waals surface area (Å²) < 4.78 is 6.79. The lowest BCUT2D eigenvalue weighted by Crippen LogP contribution is -2.06. The highest BCUT2D eigenvalue weighted by Gasteiger charge is 2.03. The van der Waals surface area contributed by atoms with Crippen LogP contribution in [0.4, 0.5) is 0 Å². The summed E-state index contributed by atoms with van der Waals surface area (Å²) in [5.41, 5.74) is 7.73. The second-order valence-corrected chi connectivity index (χ2v) is 5.07. The number of halogens is 1. The Morgan fingerprint density at radius 1 is 1.22 bits per heavy atom. The number of ether oxygens (including phenoxy) is 1. The van der Waals surface area contributed by atoms with Crippen molar-refractivity contribution in [2.24, 2.45) is 5.73 Å². The standard InChI is InChI=1S/C14H15BrN2O/c1-9-7-11(3-5-13(9)15)18-12-4-6-14(10(2)16)17-8-12/h3-8,10H,16H2,1-2H3/t10-/m1/s1. The zero-order chi connectivity index (χ0) is 13.1. The van der Waals surface area contributed by atoms with E-state index in [0.717, 1.165) is 21.5 Å². The van der Waals surface area contributed by atoms with Gasteiger partial charge in [-0.15, -0.1) is 0 Å². The lowest BCUT2D eigenvalue weighted by molar-refractivity contribution is 0.479. The Labute approximate surface area is 115 Å². The van der Waals surface area contributed by atoms with Gasteiger partial charge in [0.05, 0.1) is 11.9 Å². The molecular weight excluding hydrogens is 292 g/mol. The van der Waals surface area contributed by atoms with Crippen LogP contribution in [0.3, 0.4) is 0 Å². The van der Waals surface area contributed by atoms with E-state index in [1.54, 1.807) is 6.20 Å². The van der Waals surface area contributed by atoms with E-state index in [1.807, 2.05) is 44.2 Å². The molecule has 2 aromatic rings. The maximum atomic E-state index is 5.74. The minimum absolute atomic E-state index is 0.0611. The molecule has 1 aromatic carbocycles. The Hall–Kier alpha value is -1.39. The molecule has 0 aliphatic heterocycles. The van der Waals surface area contributed by atoms with Gasteiger partial charge in [0, 0.05) is 10.5 Å². The Bertz CT molecular complexity index is 538. The number of nitrogens with zero attached hydrogens (tertiary/aromatic N) is 1. The number of hydrogen-bond acceptors (Lipinski definition) is 3. The smallest absolute Gasteiger partial charge is 0.145 e. The van der Waals surface area contributed by atoms with Crippen molar-refractivity contribution in [3.8, 4) is 11.5 Å². The van der Waals surface area contributed by atoms with Gasteiger partial charge in [0.25, 0.3) is 0 Å². The van der Waals surface area contributed by atoms with Gasteiger partial charge in [-0.3, -0.25) is 4.98 Å². The van der Waals surface area contributed by atoms with Gasteiger partial charge in [-0.1, -0.05) is 15.9 Å². The predicted octanol–water partition coefficient (Wildman–Crippen LogP) is 3.96. The van der Waals surface area contributed by atoms with Crippen LogP contribution < -0.4 is 10.5 Å². The van der Waals surface area contributed by atoms with E-state index in [4.69, 9.17) is 10.5 Å². The summed E-state index contributed by atoms with van der Waals surface area (Å²) in [5, 5.41) is 0. The minimum atomic E-state index is -0.0611. The van der Waals surface area contributed by atoms with Crippen LogP contribution in [0.15, 0.2) is 41.0 Å². The Kier molecular flexibility index (Phi) is 3.99. The van der Waals surface area contributed by atoms with Crippen molar-refractivity contribution in [3.05, 3.63) is 52.3 Å². The Morgan fingerprint density at radius 3 is 2.50 bits per heavy atom. The van der Waals surface area contributed by atoms with Crippen molar-refractivity contribution in [3.63, 3.8) is 0 Å². The molecule has 0 spiro atoms. The van der Waals surface area contributed by atoms with E-state index in [-0.39, 0.29) is 6.04 Å². The quantitative estimate of drug-likeness (QED) is 0.933. The lowest BCUT2D eigenvalue weighted by Gasteiger charge is -2.09. The molecule has 1 aromatic heterocycles. The van der Waals surface area contributed by atoms with E-state index in [9.17, 15) is 0 Å². The van der Waals surface area contributed by atoms with Gasteiger partial charge in [-0.05, 0) is 49.7 Å². The molecule has 1 heterocycles. The number of pyridine rings is 1. The zero-order valence-corrected chi connectivity index (χ0v) is 11.9. The van der Waals surface area contributed by atoms with Crippen LogP contribution in [0, 0.1) is 6.92 Å². The summed E-state index contributed by atoms with van der Waals surface area (Å²) in [5.74, 6) is 1.51. The molecule has 2 N–H and O–H groups in total. The Morgan fingerprint density at radius 2 is 1.94 bits per heavy atom. The average molecular weight is 307 g/mol. The highest BCUT2D eigenvalue weighted by atomic mass is 79.9. The maximum absolute atomic E-state index is 5.74. The molecule has 1 atom stereocenters. The van der Waals surface area contributed by atoms with Gasteiger partial charge in [0.1, 0.15) is 11.5 Å². The molecule has 3 nitrogen and oxygen atoms in total. The fraction of sp³-hybridized carbons (Fsp3) is 0.214. The van der Waals surface area contributed by atoms with Gasteiger partial charge >= 0.3 is 0 Å². The largest absolute Gasteiger partial charge is 0.456 e. The predicted molar refractivity (Wildman–Crippen MR) is 75.8 cm³/mol. The summed E-state index contributed by atoms with van der Waals surface area (Å²) >= 11 is 3.46. The summed E-state index contributed by atoms with van der Waals surface area (Å²) in [7, 11) is 0. The van der Waals surface area contributed by atoms with Crippen LogP contribution in [0.5, 0.6) is 11.5 Å². The second kappa shape index (κ2) is 5.50. The van der Waals surface area contributed by atoms with Crippen molar-refractivity contribution in [2.45, 2.75) is 19.9 Å². The molecule has 0 radical (unpaired) electrons. The van der Waals surface area contributed by atoms with E-state index in [1.165, 1.54) is 0 Å². The van der Waals surface area contributed by atoms with Gasteiger partial charge in [-0.25, -0.2) is 0 Å². The molecule has 0 saturated heterocycles. The molecule has 0 amide bonds. The lowest BCUT2D eigenvalue weighted by atomic mass is 10.2. The van der Waals surface area contributed by atoms with E-state index < -0.39 is 0 Å². The third-order valence-corrected chi connectivity index (χ3v) is 3.48. The van der Waals surface area contributed by atoms with Crippen molar-refractivity contribution < 1.29 is 4.74 Å². The average Bonchev–Trinajstić information content (AvgIpc) is 2.34. The SMILES string of the molecule is Cc1cc(Oc2ccc([C@@H](C)N)nc2)ccc1Br. The van der Waals surface area contributed by atoms with Crippen LogP contribution in [0.25, 0.3) is 0 Å². The molecule has 0 bridgehead atoms. The van der Waals surface area contributed by atoms with Crippen molar-refractivity contribution in [1.82, 2.24) is 4.98 Å². The van der Waals surface area contributed by atoms with Crippen LogP contribution >= 0.6 is 15.9 Å². The Balaban J connectivity index is 2.15. The minimum Gasteiger partial charge on any atom is -0.456 e. The number of hydrogen-bond donors (Lipinski definition) is 1. The first-order valence-corrected chi connectivity index (χ1v) is 6.51. The first-order valence-electron chi connectivity index (χ1n) is 5.72. The van der Waals surface area contributed by atoms with E-state index >= 15 is 0 Å². The van der Waals surface area contributed by atoms with Crippen molar-refractivity contribution in [1.29, 1.82) is 0 Å². The van der Waals surface area contributed by atoms with Gasteiger partial charge in [-0.2, -0.15) is 0 Å². The molecule has 0 aliphatic carbocycles. The third-order valence-electron chi connectivity index (χ3n) is 2.59. The molecule has 94 valence electrons. The molecule has 0 aliphatic rings. The normalized spacial score (nSPS) is 12.2. The number of aromatic nitrogens is 1. The first kappa shape index (κ1) is 13.1. The van der Waals surface area contributed by atoms with Crippen LogP contribution in [-0.2, 0) is 0 Å². The van der Waals surface area contributed by atoms with Crippen molar-refractivity contribution >= 4 is 15.9 Å². The number of rotatable bonds is 3. The molecular formula is C14H15BrN2O. The molecule has 0 unspecified atom stereocenters. The van der Waals surface area contributed by atoms with Crippen LogP contribution in [0.2, 0.25) is 0 Å². The van der Waals surface area contributed by atoms with Gasteiger partial charge in [0.15, 0.2) is 0 Å². The molecule has 18 heavy (non-hydrogen) atoms. The summed E-state index contributed by atoms with van der Waals surface area (Å²) in [4.78, 5) is 4.26. The van der Waals surface area contributed by atoms with E-state index in [2.05, 4.69) is 20.9 Å². The van der Waals surface area contributed by atoms with Crippen molar-refractivity contribution in [2.75, 3.05) is 0 Å². The second-order valence-electron chi connectivity index (χ2n) is 4.22. The molecule has 0 fully saturated rings. The van der Waals surface area contributed by atoms with E-state index in [0.29, 0.717) is 5.75 Å². The summed E-state index contributed by atoms with van der Waals surface area (Å²) in [6, 6.07) is 9.55. The fourth-order valence-electron chi connectivity index (χ4n) is 1.54. The molecule has 2 rings (SSSR count).